The van der Waals surface area contributed by atoms with Crippen LogP contribution >= 0.6 is 0 Å². The van der Waals surface area contributed by atoms with Gasteiger partial charge in [-0.25, -0.2) is 0 Å². The zero-order valence-corrected chi connectivity index (χ0v) is 10.9. The van der Waals surface area contributed by atoms with E-state index in [1.165, 1.54) is 20.0 Å². The van der Waals surface area contributed by atoms with E-state index in [0.29, 0.717) is 0 Å². The van der Waals surface area contributed by atoms with Gasteiger partial charge in [0.2, 0.25) is 0 Å². The molecule has 1 aliphatic heterocycles. The Morgan fingerprint density at radius 1 is 1.50 bits per heavy atom. The molecule has 2 atom stereocenters. The molecule has 1 fully saturated rings. The Morgan fingerprint density at radius 2 is 2.25 bits per heavy atom. The second-order valence-electron chi connectivity index (χ2n) is 4.74. The average molecular weight is 227 g/mol. The summed E-state index contributed by atoms with van der Waals surface area (Å²) in [4.78, 5) is 14.1. The third kappa shape index (κ3) is 3.48. The predicted molar refractivity (Wildman–Crippen MR) is 65.3 cm³/mol. The minimum atomic E-state index is -0.0507. The number of nitrogens with zero attached hydrogens (tertiary/aromatic N) is 1. The minimum absolute atomic E-state index is 0.00139. The van der Waals surface area contributed by atoms with Crippen LogP contribution in [0.4, 0.5) is 0 Å². The number of likely N-dealkylation sites (tertiary alicyclic amines) is 1. The second kappa shape index (κ2) is 6.89. The molecule has 0 N–H and O–H groups in total. The van der Waals surface area contributed by atoms with Crippen molar-refractivity contribution in [2.75, 3.05) is 20.2 Å². The number of esters is 1. The average Bonchev–Trinajstić information content (AvgIpc) is 2.77. The van der Waals surface area contributed by atoms with Gasteiger partial charge in [0.25, 0.3) is 0 Å². The third-order valence-electron chi connectivity index (χ3n) is 3.64. The Balaban J connectivity index is 2.51. The van der Waals surface area contributed by atoms with Crippen molar-refractivity contribution in [1.29, 1.82) is 0 Å². The molecule has 1 rings (SSSR count). The molecule has 0 bridgehead atoms. The lowest BCUT2D eigenvalue weighted by Gasteiger charge is -2.25. The van der Waals surface area contributed by atoms with Crippen molar-refractivity contribution in [3.63, 3.8) is 0 Å². The Labute approximate surface area is 99.1 Å². The molecule has 0 aromatic heterocycles. The topological polar surface area (TPSA) is 29.5 Å². The van der Waals surface area contributed by atoms with Gasteiger partial charge < -0.3 is 4.74 Å². The van der Waals surface area contributed by atoms with Gasteiger partial charge >= 0.3 is 5.97 Å². The van der Waals surface area contributed by atoms with E-state index in [-0.39, 0.29) is 12.0 Å². The largest absolute Gasteiger partial charge is 0.468 e. The van der Waals surface area contributed by atoms with E-state index in [9.17, 15) is 4.79 Å². The zero-order valence-electron chi connectivity index (χ0n) is 10.9. The number of carbonyl (C=O) groups excluding carboxylic acids is 1. The molecule has 0 aromatic rings. The molecule has 1 heterocycles. The summed E-state index contributed by atoms with van der Waals surface area (Å²) >= 11 is 0. The highest BCUT2D eigenvalue weighted by Crippen LogP contribution is 2.23. The number of unbranched alkanes of at least 4 members (excludes halogenated alkanes) is 1. The van der Waals surface area contributed by atoms with Crippen LogP contribution in [-0.2, 0) is 9.53 Å². The Kier molecular flexibility index (Phi) is 5.81. The predicted octanol–water partition coefficient (Wildman–Crippen LogP) is 2.45. The van der Waals surface area contributed by atoms with Gasteiger partial charge in [-0.05, 0) is 25.3 Å². The normalized spacial score (nSPS) is 23.3. The van der Waals surface area contributed by atoms with Crippen LogP contribution in [0.15, 0.2) is 0 Å². The first-order valence-corrected chi connectivity index (χ1v) is 6.54. The molecule has 94 valence electrons. The van der Waals surface area contributed by atoms with E-state index in [0.717, 1.165) is 38.3 Å². The SMILES string of the molecule is CCCCC(C(=O)OC)N1CCC(CC)C1. The summed E-state index contributed by atoms with van der Waals surface area (Å²) in [5.41, 5.74) is 0. The summed E-state index contributed by atoms with van der Waals surface area (Å²) in [6.45, 7) is 6.52. The van der Waals surface area contributed by atoms with Crippen molar-refractivity contribution < 1.29 is 9.53 Å². The Morgan fingerprint density at radius 3 is 2.75 bits per heavy atom. The van der Waals surface area contributed by atoms with Crippen molar-refractivity contribution in [2.45, 2.75) is 52.0 Å². The molecule has 0 amide bonds. The maximum atomic E-state index is 11.7. The van der Waals surface area contributed by atoms with Gasteiger partial charge in [-0.15, -0.1) is 0 Å². The first-order chi connectivity index (χ1) is 7.72. The molecule has 3 heteroatoms. The Bertz CT molecular complexity index is 218. The highest BCUT2D eigenvalue weighted by molar-refractivity contribution is 5.75. The maximum Gasteiger partial charge on any atom is 0.323 e. The van der Waals surface area contributed by atoms with Crippen LogP contribution < -0.4 is 0 Å². The molecular formula is C13H25NO2. The Hall–Kier alpha value is -0.570. The third-order valence-corrected chi connectivity index (χ3v) is 3.64. The summed E-state index contributed by atoms with van der Waals surface area (Å²) in [6.07, 6.45) is 5.64. The minimum Gasteiger partial charge on any atom is -0.468 e. The van der Waals surface area contributed by atoms with Crippen LogP contribution in [0.3, 0.4) is 0 Å². The fourth-order valence-corrected chi connectivity index (χ4v) is 2.46. The van der Waals surface area contributed by atoms with Crippen LogP contribution in [0.5, 0.6) is 0 Å². The maximum absolute atomic E-state index is 11.7. The van der Waals surface area contributed by atoms with Gasteiger partial charge in [0.15, 0.2) is 0 Å². The number of rotatable bonds is 6. The first kappa shape index (κ1) is 13.5. The summed E-state index contributed by atoms with van der Waals surface area (Å²) in [7, 11) is 1.49. The van der Waals surface area contributed by atoms with Gasteiger partial charge in [-0.2, -0.15) is 0 Å². The van der Waals surface area contributed by atoms with Crippen LogP contribution in [0.2, 0.25) is 0 Å². The lowest BCUT2D eigenvalue weighted by molar-refractivity contribution is -0.147. The van der Waals surface area contributed by atoms with Gasteiger partial charge in [0, 0.05) is 6.54 Å². The van der Waals surface area contributed by atoms with E-state index in [4.69, 9.17) is 4.74 Å². The molecule has 1 saturated heterocycles. The number of hydrogen-bond donors (Lipinski definition) is 0. The quantitative estimate of drug-likeness (QED) is 0.653. The van der Waals surface area contributed by atoms with Gasteiger partial charge in [0.1, 0.15) is 6.04 Å². The first-order valence-electron chi connectivity index (χ1n) is 6.54. The lowest BCUT2D eigenvalue weighted by Crippen LogP contribution is -2.40. The second-order valence-corrected chi connectivity index (χ2v) is 4.74. The monoisotopic (exact) mass is 227 g/mol. The molecule has 0 aromatic carbocycles. The lowest BCUT2D eigenvalue weighted by atomic mass is 10.1. The summed E-state index contributed by atoms with van der Waals surface area (Å²) in [5.74, 6) is 0.721. The summed E-state index contributed by atoms with van der Waals surface area (Å²) in [6, 6.07) is 0.00139. The number of carbonyl (C=O) groups is 1. The van der Waals surface area contributed by atoms with Gasteiger partial charge in [-0.1, -0.05) is 33.1 Å². The van der Waals surface area contributed by atoms with Crippen LogP contribution in [0.1, 0.15) is 46.0 Å². The van der Waals surface area contributed by atoms with Crippen LogP contribution in [0.25, 0.3) is 0 Å². The summed E-state index contributed by atoms with van der Waals surface area (Å²) in [5, 5.41) is 0. The van der Waals surface area contributed by atoms with Gasteiger partial charge in [0.05, 0.1) is 7.11 Å². The number of ether oxygens (including phenoxy) is 1. The van der Waals surface area contributed by atoms with Crippen molar-refractivity contribution in [3.8, 4) is 0 Å². The molecule has 0 spiro atoms. The van der Waals surface area contributed by atoms with Crippen molar-refractivity contribution >= 4 is 5.97 Å². The van der Waals surface area contributed by atoms with E-state index in [1.807, 2.05) is 0 Å². The molecule has 0 aliphatic carbocycles. The van der Waals surface area contributed by atoms with Crippen molar-refractivity contribution in [2.24, 2.45) is 5.92 Å². The molecule has 2 unspecified atom stereocenters. The van der Waals surface area contributed by atoms with Crippen LogP contribution in [-0.4, -0.2) is 37.1 Å². The number of methoxy groups -OCH3 is 1. The van der Waals surface area contributed by atoms with E-state index in [1.54, 1.807) is 0 Å². The number of hydrogen-bond acceptors (Lipinski definition) is 3. The molecule has 3 nitrogen and oxygen atoms in total. The van der Waals surface area contributed by atoms with Crippen LogP contribution in [0, 0.1) is 5.92 Å². The fraction of sp³-hybridized carbons (Fsp3) is 0.923. The molecule has 0 radical (unpaired) electrons. The molecule has 1 aliphatic rings. The fourth-order valence-electron chi connectivity index (χ4n) is 2.46. The zero-order chi connectivity index (χ0) is 12.0. The van der Waals surface area contributed by atoms with E-state index < -0.39 is 0 Å². The highest BCUT2D eigenvalue weighted by atomic mass is 16.5. The molecular weight excluding hydrogens is 202 g/mol. The highest BCUT2D eigenvalue weighted by Gasteiger charge is 2.31. The van der Waals surface area contributed by atoms with E-state index >= 15 is 0 Å². The smallest absolute Gasteiger partial charge is 0.323 e. The van der Waals surface area contributed by atoms with E-state index in [2.05, 4.69) is 18.7 Å². The van der Waals surface area contributed by atoms with Crippen molar-refractivity contribution in [1.82, 2.24) is 4.90 Å². The van der Waals surface area contributed by atoms with Crippen molar-refractivity contribution in [3.05, 3.63) is 0 Å². The summed E-state index contributed by atoms with van der Waals surface area (Å²) < 4.78 is 4.91. The van der Waals surface area contributed by atoms with Gasteiger partial charge in [-0.3, -0.25) is 9.69 Å². The molecule has 16 heavy (non-hydrogen) atoms. The standard InChI is InChI=1S/C13H25NO2/c1-4-6-7-12(13(15)16-3)14-9-8-11(5-2)10-14/h11-12H,4-10H2,1-3H3. The molecule has 0 saturated carbocycles.